The molecule has 0 spiro atoms. The van der Waals surface area contributed by atoms with E-state index in [4.69, 9.17) is 4.52 Å². The van der Waals surface area contributed by atoms with E-state index in [1.54, 1.807) is 29.4 Å². The molecule has 26 heavy (non-hydrogen) atoms. The van der Waals surface area contributed by atoms with Crippen LogP contribution in [0.25, 0.3) is 21.6 Å². The molecule has 5 nitrogen and oxygen atoms in total. The Labute approximate surface area is 162 Å². The van der Waals surface area contributed by atoms with Crippen LogP contribution < -0.4 is 0 Å². The molecule has 0 bridgehead atoms. The zero-order chi connectivity index (χ0) is 17.5. The molecule has 4 aromatic rings. The molecular formula is C18H16N4OS3. The first-order valence-corrected chi connectivity index (χ1v) is 11.3. The number of rotatable bonds is 4. The van der Waals surface area contributed by atoms with Crippen LogP contribution in [0.2, 0.25) is 0 Å². The molecule has 0 N–H and O–H groups in total. The van der Waals surface area contributed by atoms with Crippen molar-refractivity contribution in [3.8, 4) is 11.4 Å². The van der Waals surface area contributed by atoms with Gasteiger partial charge in [0.25, 0.3) is 0 Å². The van der Waals surface area contributed by atoms with Gasteiger partial charge in [0.2, 0.25) is 11.7 Å². The van der Waals surface area contributed by atoms with Gasteiger partial charge in [-0.15, -0.1) is 11.3 Å². The van der Waals surface area contributed by atoms with E-state index >= 15 is 0 Å². The highest BCUT2D eigenvalue weighted by Gasteiger charge is 2.23. The van der Waals surface area contributed by atoms with Crippen molar-refractivity contribution in [2.24, 2.45) is 5.92 Å². The second-order valence-electron chi connectivity index (χ2n) is 6.52. The summed E-state index contributed by atoms with van der Waals surface area (Å²) in [5.41, 5.74) is 2.45. The van der Waals surface area contributed by atoms with Gasteiger partial charge in [-0.3, -0.25) is 0 Å². The zero-order valence-corrected chi connectivity index (χ0v) is 16.6. The van der Waals surface area contributed by atoms with E-state index in [0.717, 1.165) is 34.2 Å². The lowest BCUT2D eigenvalue weighted by atomic mass is 9.89. The van der Waals surface area contributed by atoms with Gasteiger partial charge in [-0.2, -0.15) is 16.3 Å². The predicted octanol–water partition coefficient (Wildman–Crippen LogP) is 5.22. The van der Waals surface area contributed by atoms with E-state index in [1.807, 2.05) is 28.2 Å². The van der Waals surface area contributed by atoms with Crippen molar-refractivity contribution in [3.05, 3.63) is 39.5 Å². The first kappa shape index (κ1) is 16.4. The van der Waals surface area contributed by atoms with E-state index < -0.39 is 0 Å². The maximum atomic E-state index is 5.41. The van der Waals surface area contributed by atoms with E-state index in [9.17, 15) is 0 Å². The minimum absolute atomic E-state index is 0.615. The Morgan fingerprint density at radius 3 is 3.19 bits per heavy atom. The highest BCUT2D eigenvalue weighted by molar-refractivity contribution is 7.98. The van der Waals surface area contributed by atoms with Gasteiger partial charge in [0.1, 0.15) is 16.2 Å². The fourth-order valence-electron chi connectivity index (χ4n) is 3.31. The Hall–Kier alpha value is -1.77. The molecule has 0 amide bonds. The molecule has 1 atom stereocenters. The highest BCUT2D eigenvalue weighted by atomic mass is 32.2. The molecule has 4 heterocycles. The predicted molar refractivity (Wildman–Crippen MR) is 106 cm³/mol. The largest absolute Gasteiger partial charge is 0.338 e. The van der Waals surface area contributed by atoms with Gasteiger partial charge in [0.05, 0.1) is 5.75 Å². The van der Waals surface area contributed by atoms with Crippen LogP contribution in [0.4, 0.5) is 0 Å². The van der Waals surface area contributed by atoms with Crippen LogP contribution in [-0.4, -0.2) is 20.1 Å². The molecule has 1 aliphatic carbocycles. The molecule has 1 aliphatic rings. The summed E-state index contributed by atoms with van der Waals surface area (Å²) in [6.07, 6.45) is 5.20. The van der Waals surface area contributed by atoms with E-state index in [-0.39, 0.29) is 0 Å². The highest BCUT2D eigenvalue weighted by Crippen LogP contribution is 2.41. The number of hydrogen-bond donors (Lipinski definition) is 0. The fraction of sp³-hybridized carbons (Fsp3) is 0.333. The summed E-state index contributed by atoms with van der Waals surface area (Å²) >= 11 is 5.11. The number of hydrogen-bond acceptors (Lipinski definition) is 8. The van der Waals surface area contributed by atoms with Gasteiger partial charge in [0, 0.05) is 21.2 Å². The topological polar surface area (TPSA) is 64.7 Å². The first-order chi connectivity index (χ1) is 12.8. The Balaban J connectivity index is 1.41. The van der Waals surface area contributed by atoms with Crippen LogP contribution in [0, 0.1) is 5.92 Å². The van der Waals surface area contributed by atoms with Crippen LogP contribution in [0.5, 0.6) is 0 Å². The quantitative estimate of drug-likeness (QED) is 0.346. The van der Waals surface area contributed by atoms with Crippen molar-refractivity contribution in [3.63, 3.8) is 0 Å². The Kier molecular flexibility index (Phi) is 4.26. The van der Waals surface area contributed by atoms with Crippen molar-refractivity contribution in [1.29, 1.82) is 0 Å². The van der Waals surface area contributed by atoms with Gasteiger partial charge < -0.3 is 4.52 Å². The lowest BCUT2D eigenvalue weighted by Gasteiger charge is -2.18. The SMILES string of the molecule is C[C@H]1CCc2c(sc3ncnc(SCc4nc(-c5ccsc5)no4)c23)C1. The minimum atomic E-state index is 0.615. The monoisotopic (exact) mass is 400 g/mol. The van der Waals surface area contributed by atoms with Gasteiger partial charge in [-0.05, 0) is 42.2 Å². The molecule has 8 heteroatoms. The summed E-state index contributed by atoms with van der Waals surface area (Å²) in [7, 11) is 0. The molecule has 0 radical (unpaired) electrons. The van der Waals surface area contributed by atoms with Crippen molar-refractivity contribution >= 4 is 44.7 Å². The van der Waals surface area contributed by atoms with Crippen LogP contribution in [0.1, 0.15) is 29.7 Å². The number of thiophene rings is 2. The fourth-order valence-corrected chi connectivity index (χ4v) is 6.22. The average Bonchev–Trinajstić information content (AvgIpc) is 3.37. The molecule has 0 saturated heterocycles. The van der Waals surface area contributed by atoms with Crippen molar-refractivity contribution in [2.75, 3.05) is 0 Å². The number of nitrogens with zero attached hydrogens (tertiary/aromatic N) is 4. The van der Waals surface area contributed by atoms with E-state index in [1.165, 1.54) is 22.2 Å². The summed E-state index contributed by atoms with van der Waals surface area (Å²) in [4.78, 5) is 16.1. The third-order valence-electron chi connectivity index (χ3n) is 4.64. The van der Waals surface area contributed by atoms with Crippen LogP contribution >= 0.6 is 34.4 Å². The molecule has 5 rings (SSSR count). The second kappa shape index (κ2) is 6.75. The summed E-state index contributed by atoms with van der Waals surface area (Å²) in [6, 6.07) is 2.00. The number of fused-ring (bicyclic) bond motifs is 3. The van der Waals surface area contributed by atoms with Crippen molar-refractivity contribution in [1.82, 2.24) is 20.1 Å². The van der Waals surface area contributed by atoms with Crippen LogP contribution in [0.3, 0.4) is 0 Å². The first-order valence-electron chi connectivity index (χ1n) is 8.51. The lowest BCUT2D eigenvalue weighted by molar-refractivity contribution is 0.391. The van der Waals surface area contributed by atoms with E-state index in [0.29, 0.717) is 17.5 Å². The van der Waals surface area contributed by atoms with Crippen molar-refractivity contribution in [2.45, 2.75) is 37.0 Å². The van der Waals surface area contributed by atoms with Gasteiger partial charge in [0.15, 0.2) is 0 Å². The summed E-state index contributed by atoms with van der Waals surface area (Å²) in [5.74, 6) is 2.65. The molecule has 132 valence electrons. The normalized spacial score (nSPS) is 16.9. The number of thioether (sulfide) groups is 1. The van der Waals surface area contributed by atoms with Gasteiger partial charge >= 0.3 is 0 Å². The smallest absolute Gasteiger partial charge is 0.237 e. The summed E-state index contributed by atoms with van der Waals surface area (Å²) in [5, 5.41) is 10.4. The molecule has 4 aromatic heterocycles. The van der Waals surface area contributed by atoms with Gasteiger partial charge in [-0.25, -0.2) is 9.97 Å². The third-order valence-corrected chi connectivity index (χ3v) is 7.46. The number of aryl methyl sites for hydroxylation is 1. The summed E-state index contributed by atoms with van der Waals surface area (Å²) < 4.78 is 5.41. The van der Waals surface area contributed by atoms with Crippen LogP contribution in [-0.2, 0) is 18.6 Å². The molecular weight excluding hydrogens is 384 g/mol. The standard InChI is InChI=1S/C18H16N4OS3/c1-10-2-3-12-13(6-10)26-18-15(12)17(19-9-20-18)25-8-14-21-16(22-23-14)11-4-5-24-7-11/h4-5,7,9-10H,2-3,6,8H2,1H3/t10-/m0/s1. The molecule has 0 aliphatic heterocycles. The minimum Gasteiger partial charge on any atom is -0.338 e. The second-order valence-corrected chi connectivity index (χ2v) is 9.35. The summed E-state index contributed by atoms with van der Waals surface area (Å²) in [6.45, 7) is 2.33. The zero-order valence-electron chi connectivity index (χ0n) is 14.1. The number of aromatic nitrogens is 4. The molecule has 0 saturated carbocycles. The lowest BCUT2D eigenvalue weighted by Crippen LogP contribution is -2.08. The maximum absolute atomic E-state index is 5.41. The van der Waals surface area contributed by atoms with Crippen molar-refractivity contribution < 1.29 is 4.52 Å². The molecule has 0 fully saturated rings. The Bertz CT molecular complexity index is 1050. The molecule has 0 aromatic carbocycles. The van der Waals surface area contributed by atoms with Gasteiger partial charge in [-0.1, -0.05) is 23.8 Å². The van der Waals surface area contributed by atoms with Crippen LogP contribution in [0.15, 0.2) is 32.7 Å². The van der Waals surface area contributed by atoms with E-state index in [2.05, 4.69) is 27.0 Å². The Morgan fingerprint density at radius 1 is 1.35 bits per heavy atom. The Morgan fingerprint density at radius 2 is 2.31 bits per heavy atom. The molecule has 0 unspecified atom stereocenters. The maximum Gasteiger partial charge on any atom is 0.237 e. The average molecular weight is 401 g/mol. The third kappa shape index (κ3) is 2.95.